The van der Waals surface area contributed by atoms with Crippen molar-refractivity contribution < 1.29 is 19.8 Å². The standard InChI is InChI=1S/C18H14Cl2O4/c19-15-7-3-1-5-11(15)9-13(17(21)22)14(18(23)24)10-12-6-2-4-8-16(12)20/h1-8H,9-10H2,(H,21,22)(H,23,24)/b14-13-. The summed E-state index contributed by atoms with van der Waals surface area (Å²) in [5, 5.41) is 19.8. The first kappa shape index (κ1) is 18.0. The molecule has 0 radical (unpaired) electrons. The number of carboxylic acid groups (broad SMARTS) is 2. The molecular formula is C18H14Cl2O4. The van der Waals surface area contributed by atoms with Crippen molar-refractivity contribution in [3.05, 3.63) is 80.8 Å². The lowest BCUT2D eigenvalue weighted by Crippen LogP contribution is -2.15. The molecule has 0 spiro atoms. The molecule has 4 nitrogen and oxygen atoms in total. The molecule has 0 aliphatic rings. The zero-order chi connectivity index (χ0) is 17.7. The maximum Gasteiger partial charge on any atom is 0.332 e. The maximum atomic E-state index is 11.6. The van der Waals surface area contributed by atoms with Gasteiger partial charge >= 0.3 is 11.9 Å². The van der Waals surface area contributed by atoms with Crippen molar-refractivity contribution in [3.63, 3.8) is 0 Å². The minimum absolute atomic E-state index is 0.0822. The van der Waals surface area contributed by atoms with Gasteiger partial charge < -0.3 is 10.2 Å². The molecule has 2 rings (SSSR count). The Hall–Kier alpha value is -2.30. The van der Waals surface area contributed by atoms with Crippen molar-refractivity contribution in [1.82, 2.24) is 0 Å². The minimum atomic E-state index is -1.29. The molecule has 0 aliphatic carbocycles. The van der Waals surface area contributed by atoms with Crippen LogP contribution < -0.4 is 0 Å². The molecule has 124 valence electrons. The average Bonchev–Trinajstić information content (AvgIpc) is 2.53. The van der Waals surface area contributed by atoms with Gasteiger partial charge in [0.05, 0.1) is 11.1 Å². The highest BCUT2D eigenvalue weighted by Gasteiger charge is 2.22. The Bertz CT molecular complexity index is 745. The normalized spacial score (nSPS) is 11.8. The van der Waals surface area contributed by atoms with Crippen LogP contribution in [0.15, 0.2) is 59.7 Å². The Morgan fingerprint density at radius 3 is 1.33 bits per heavy atom. The van der Waals surface area contributed by atoms with E-state index < -0.39 is 11.9 Å². The molecule has 0 amide bonds. The van der Waals surface area contributed by atoms with Gasteiger partial charge in [-0.3, -0.25) is 0 Å². The molecule has 0 fully saturated rings. The van der Waals surface area contributed by atoms with Crippen LogP contribution in [0.25, 0.3) is 0 Å². The van der Waals surface area contributed by atoms with Crippen LogP contribution in [0.2, 0.25) is 10.0 Å². The Labute approximate surface area is 149 Å². The first-order valence-electron chi connectivity index (χ1n) is 7.05. The second-order valence-corrected chi connectivity index (χ2v) is 5.92. The van der Waals surface area contributed by atoms with Gasteiger partial charge in [-0.25, -0.2) is 9.59 Å². The van der Waals surface area contributed by atoms with Crippen molar-refractivity contribution in [2.75, 3.05) is 0 Å². The molecule has 6 heteroatoms. The van der Waals surface area contributed by atoms with E-state index in [4.69, 9.17) is 23.2 Å². The lowest BCUT2D eigenvalue weighted by molar-refractivity contribution is -0.136. The van der Waals surface area contributed by atoms with Gasteiger partial charge in [0.2, 0.25) is 0 Å². The number of hydrogen-bond acceptors (Lipinski definition) is 2. The highest BCUT2D eigenvalue weighted by Crippen LogP contribution is 2.24. The van der Waals surface area contributed by atoms with E-state index in [2.05, 4.69) is 0 Å². The average molecular weight is 365 g/mol. The van der Waals surface area contributed by atoms with Gasteiger partial charge in [-0.2, -0.15) is 0 Å². The third-order valence-electron chi connectivity index (χ3n) is 3.53. The number of carbonyl (C=O) groups is 2. The van der Waals surface area contributed by atoms with Gasteiger partial charge in [-0.05, 0) is 23.3 Å². The number of aliphatic carboxylic acids is 2. The van der Waals surface area contributed by atoms with Gasteiger partial charge in [0.1, 0.15) is 0 Å². The van der Waals surface area contributed by atoms with E-state index in [1.807, 2.05) is 0 Å². The summed E-state index contributed by atoms with van der Waals surface area (Å²) in [6.07, 6.45) is -0.164. The fraction of sp³-hybridized carbons (Fsp3) is 0.111. The van der Waals surface area contributed by atoms with E-state index in [-0.39, 0.29) is 24.0 Å². The van der Waals surface area contributed by atoms with E-state index in [1.54, 1.807) is 48.5 Å². The number of rotatable bonds is 6. The van der Waals surface area contributed by atoms with Crippen LogP contribution >= 0.6 is 23.2 Å². The van der Waals surface area contributed by atoms with Gasteiger partial charge in [-0.15, -0.1) is 0 Å². The Balaban J connectivity index is 2.48. The summed E-state index contributed by atoms with van der Waals surface area (Å²) in [5.74, 6) is -2.58. The molecule has 24 heavy (non-hydrogen) atoms. The molecule has 0 atom stereocenters. The summed E-state index contributed by atoms with van der Waals surface area (Å²) < 4.78 is 0. The maximum absolute atomic E-state index is 11.6. The molecule has 0 unspecified atom stereocenters. The largest absolute Gasteiger partial charge is 0.478 e. The summed E-state index contributed by atoms with van der Waals surface area (Å²) in [5.41, 5.74) is 0.676. The van der Waals surface area contributed by atoms with Crippen LogP contribution in [-0.4, -0.2) is 22.2 Å². The Morgan fingerprint density at radius 1 is 0.708 bits per heavy atom. The highest BCUT2D eigenvalue weighted by atomic mass is 35.5. The second kappa shape index (κ2) is 7.99. The number of halogens is 2. The monoisotopic (exact) mass is 364 g/mol. The zero-order valence-corrected chi connectivity index (χ0v) is 14.0. The number of hydrogen-bond donors (Lipinski definition) is 2. The quantitative estimate of drug-likeness (QED) is 0.751. The van der Waals surface area contributed by atoms with Crippen LogP contribution in [0, 0.1) is 0 Å². The molecule has 2 aromatic carbocycles. The topological polar surface area (TPSA) is 74.6 Å². The molecule has 0 bridgehead atoms. The van der Waals surface area contributed by atoms with Crippen LogP contribution in [0.5, 0.6) is 0 Å². The molecule has 0 saturated heterocycles. The van der Waals surface area contributed by atoms with Crippen LogP contribution in [0.4, 0.5) is 0 Å². The summed E-state index contributed by atoms with van der Waals surface area (Å²) in [6, 6.07) is 13.5. The van der Waals surface area contributed by atoms with Crippen molar-refractivity contribution in [2.24, 2.45) is 0 Å². The summed E-state index contributed by atoms with van der Waals surface area (Å²) in [6.45, 7) is 0. The molecule has 0 aromatic heterocycles. The molecule has 0 heterocycles. The number of carboxylic acids is 2. The molecule has 0 saturated carbocycles. The van der Waals surface area contributed by atoms with Gasteiger partial charge in [-0.1, -0.05) is 59.6 Å². The smallest absolute Gasteiger partial charge is 0.332 e. The van der Waals surface area contributed by atoms with Crippen LogP contribution in [0.1, 0.15) is 11.1 Å². The van der Waals surface area contributed by atoms with Crippen molar-refractivity contribution >= 4 is 35.1 Å². The summed E-state index contributed by atoms with van der Waals surface area (Å²) in [7, 11) is 0. The second-order valence-electron chi connectivity index (χ2n) is 5.10. The first-order chi connectivity index (χ1) is 11.4. The fourth-order valence-corrected chi connectivity index (χ4v) is 2.69. The van der Waals surface area contributed by atoms with Gasteiger partial charge in [0, 0.05) is 22.9 Å². The van der Waals surface area contributed by atoms with Crippen molar-refractivity contribution in [2.45, 2.75) is 12.8 Å². The summed E-state index contributed by atoms with van der Waals surface area (Å²) >= 11 is 12.1. The lowest BCUT2D eigenvalue weighted by Gasteiger charge is -2.11. The van der Waals surface area contributed by atoms with Crippen molar-refractivity contribution in [3.8, 4) is 0 Å². The number of benzene rings is 2. The van der Waals surface area contributed by atoms with Gasteiger partial charge in [0.15, 0.2) is 0 Å². The van der Waals surface area contributed by atoms with Crippen LogP contribution in [-0.2, 0) is 22.4 Å². The third kappa shape index (κ3) is 4.37. The highest BCUT2D eigenvalue weighted by molar-refractivity contribution is 6.31. The Morgan fingerprint density at radius 2 is 1.04 bits per heavy atom. The van der Waals surface area contributed by atoms with Crippen LogP contribution in [0.3, 0.4) is 0 Å². The predicted molar refractivity (Wildman–Crippen MR) is 92.6 cm³/mol. The molecule has 2 N–H and O–H groups in total. The Kier molecular flexibility index (Phi) is 6.01. The van der Waals surface area contributed by atoms with Gasteiger partial charge in [0.25, 0.3) is 0 Å². The SMILES string of the molecule is O=C(O)/C(Cc1ccccc1Cl)=C(/Cc1ccccc1Cl)C(=O)O. The van der Waals surface area contributed by atoms with E-state index >= 15 is 0 Å². The van der Waals surface area contributed by atoms with E-state index in [0.717, 1.165) is 0 Å². The summed E-state index contributed by atoms with van der Waals surface area (Å²) in [4.78, 5) is 23.3. The predicted octanol–water partition coefficient (Wildman–Crippen LogP) is 4.24. The first-order valence-corrected chi connectivity index (χ1v) is 7.81. The molecule has 0 aliphatic heterocycles. The van der Waals surface area contributed by atoms with E-state index in [1.165, 1.54) is 0 Å². The molecular weight excluding hydrogens is 351 g/mol. The van der Waals surface area contributed by atoms with Crippen molar-refractivity contribution in [1.29, 1.82) is 0 Å². The minimum Gasteiger partial charge on any atom is -0.478 e. The molecule has 2 aromatic rings. The fourth-order valence-electron chi connectivity index (χ4n) is 2.29. The lowest BCUT2D eigenvalue weighted by atomic mass is 9.95. The van der Waals surface area contributed by atoms with E-state index in [9.17, 15) is 19.8 Å². The van der Waals surface area contributed by atoms with E-state index in [0.29, 0.717) is 21.2 Å². The zero-order valence-electron chi connectivity index (χ0n) is 12.5. The third-order valence-corrected chi connectivity index (χ3v) is 4.27.